The Morgan fingerprint density at radius 3 is 2.10 bits per heavy atom. The van der Waals surface area contributed by atoms with Gasteiger partial charge in [0.15, 0.2) is 0 Å². The Labute approximate surface area is 258 Å². The van der Waals surface area contributed by atoms with E-state index < -0.39 is 37.3 Å². The maximum absolute atomic E-state index is 13.4. The molecular formula is C29H28BrN3O6S3. The Bertz CT molecular complexity index is 1710. The number of halogens is 1. The van der Waals surface area contributed by atoms with Gasteiger partial charge in [-0.2, -0.15) is 4.72 Å². The van der Waals surface area contributed by atoms with Crippen molar-refractivity contribution in [3.8, 4) is 11.1 Å². The molecule has 4 aromatic rings. The molecule has 0 spiro atoms. The van der Waals surface area contributed by atoms with Crippen LogP contribution in [0.5, 0.6) is 0 Å². The molecule has 0 aliphatic heterocycles. The Morgan fingerprint density at radius 1 is 0.929 bits per heavy atom. The summed E-state index contributed by atoms with van der Waals surface area (Å²) in [4.78, 5) is 16.4. The molecule has 9 nitrogen and oxygen atoms in total. The molecule has 1 aromatic heterocycles. The first kappa shape index (κ1) is 31.7. The van der Waals surface area contributed by atoms with Crippen LogP contribution in [0.4, 0.5) is 5.69 Å². The lowest BCUT2D eigenvalue weighted by molar-refractivity contribution is -0.139. The highest BCUT2D eigenvalue weighted by Gasteiger charge is 2.34. The summed E-state index contributed by atoms with van der Waals surface area (Å²) in [5.74, 6) is -1.19. The number of aliphatic carboxylic acids is 1. The fourth-order valence-electron chi connectivity index (χ4n) is 4.22. The normalized spacial score (nSPS) is 13.3. The lowest BCUT2D eigenvalue weighted by Crippen LogP contribution is -2.44. The molecule has 2 atom stereocenters. The van der Waals surface area contributed by atoms with E-state index in [1.54, 1.807) is 54.6 Å². The predicted molar refractivity (Wildman–Crippen MR) is 169 cm³/mol. The standard InChI is InChI=1S/C29H28BrN3O6S3/c1-41(36,37)33(25-8-5-17-31-20-25)18-19-40-28(23-6-3-2-4-7-23)27(29(34)35)32-42(38,39)26-15-11-22(12-16-26)21-9-13-24(30)14-10-21/h2-17,20,27-28,32H,18-19H2,1H3,(H,34,35)/t27-,28-/m1/s1. The van der Waals surface area contributed by atoms with Gasteiger partial charge in [-0.3, -0.25) is 14.1 Å². The van der Waals surface area contributed by atoms with Crippen LogP contribution in [0, 0.1) is 0 Å². The van der Waals surface area contributed by atoms with Crippen LogP contribution in [0.15, 0.2) is 113 Å². The van der Waals surface area contributed by atoms with Crippen molar-refractivity contribution in [2.24, 2.45) is 0 Å². The molecule has 3 aromatic carbocycles. The number of pyridine rings is 1. The number of hydrogen-bond donors (Lipinski definition) is 2. The van der Waals surface area contributed by atoms with Crippen LogP contribution in [0.1, 0.15) is 10.8 Å². The van der Waals surface area contributed by atoms with Gasteiger partial charge in [0, 0.05) is 23.0 Å². The lowest BCUT2D eigenvalue weighted by atomic mass is 10.1. The van der Waals surface area contributed by atoms with E-state index in [4.69, 9.17) is 0 Å². The lowest BCUT2D eigenvalue weighted by Gasteiger charge is -2.27. The first-order chi connectivity index (χ1) is 20.0. The van der Waals surface area contributed by atoms with Crippen molar-refractivity contribution < 1.29 is 26.7 Å². The number of carbonyl (C=O) groups is 1. The van der Waals surface area contributed by atoms with Crippen molar-refractivity contribution in [3.05, 3.63) is 113 Å². The number of aromatic nitrogens is 1. The summed E-state index contributed by atoms with van der Waals surface area (Å²) in [5.41, 5.74) is 2.65. The second kappa shape index (κ2) is 13.8. The molecule has 0 saturated carbocycles. The molecule has 2 N–H and O–H groups in total. The Balaban J connectivity index is 1.57. The van der Waals surface area contributed by atoms with Gasteiger partial charge in [-0.05, 0) is 53.1 Å². The van der Waals surface area contributed by atoms with Crippen LogP contribution in [0.2, 0.25) is 0 Å². The van der Waals surface area contributed by atoms with Crippen molar-refractivity contribution >= 4 is 59.4 Å². The number of thioether (sulfide) groups is 1. The van der Waals surface area contributed by atoms with Crippen molar-refractivity contribution in [1.29, 1.82) is 0 Å². The third-order valence-electron chi connectivity index (χ3n) is 6.25. The van der Waals surface area contributed by atoms with Gasteiger partial charge in [-0.1, -0.05) is 70.5 Å². The Hall–Kier alpha value is -3.23. The molecule has 13 heteroatoms. The number of carboxylic acids is 1. The molecule has 0 saturated heterocycles. The van der Waals surface area contributed by atoms with Gasteiger partial charge in [0.25, 0.3) is 0 Å². The second-order valence-electron chi connectivity index (χ2n) is 9.22. The molecule has 0 aliphatic rings. The van der Waals surface area contributed by atoms with Gasteiger partial charge in [-0.15, -0.1) is 11.8 Å². The van der Waals surface area contributed by atoms with Crippen molar-refractivity contribution in [2.45, 2.75) is 16.2 Å². The third-order valence-corrected chi connectivity index (χ3v) is 10.7. The molecule has 1 heterocycles. The SMILES string of the molecule is CS(=O)(=O)N(CCS[C@H](c1ccccc1)[C@@H](NS(=O)(=O)c1ccc(-c2ccc(Br)cc2)cc1)C(=O)O)c1cccnc1. The Kier molecular flexibility index (Phi) is 10.4. The molecular weight excluding hydrogens is 662 g/mol. The number of rotatable bonds is 13. The van der Waals surface area contributed by atoms with E-state index in [0.29, 0.717) is 11.3 Å². The van der Waals surface area contributed by atoms with Gasteiger partial charge >= 0.3 is 5.97 Å². The van der Waals surface area contributed by atoms with Gasteiger partial charge in [0.1, 0.15) is 6.04 Å². The fraction of sp³-hybridized carbons (Fsp3) is 0.172. The van der Waals surface area contributed by atoms with E-state index >= 15 is 0 Å². The predicted octanol–water partition coefficient (Wildman–Crippen LogP) is 5.18. The third kappa shape index (κ3) is 8.19. The van der Waals surface area contributed by atoms with Crippen LogP contribution in [-0.2, 0) is 24.8 Å². The zero-order valence-electron chi connectivity index (χ0n) is 22.4. The van der Waals surface area contributed by atoms with Gasteiger partial charge in [-0.25, -0.2) is 16.8 Å². The zero-order chi connectivity index (χ0) is 30.3. The zero-order valence-corrected chi connectivity index (χ0v) is 26.4. The van der Waals surface area contributed by atoms with E-state index in [0.717, 1.165) is 33.6 Å². The van der Waals surface area contributed by atoms with Gasteiger partial charge in [0.2, 0.25) is 20.0 Å². The molecule has 220 valence electrons. The number of sulfonamides is 2. The fourth-order valence-corrected chi connectivity index (χ4v) is 8.07. The van der Waals surface area contributed by atoms with E-state index in [-0.39, 0.29) is 17.2 Å². The minimum absolute atomic E-state index is 0.0230. The summed E-state index contributed by atoms with van der Waals surface area (Å²) in [6, 6.07) is 24.1. The minimum atomic E-state index is -4.24. The smallest absolute Gasteiger partial charge is 0.323 e. The number of carboxylic acid groups (broad SMARTS) is 1. The van der Waals surface area contributed by atoms with Crippen molar-refractivity contribution in [1.82, 2.24) is 9.71 Å². The van der Waals surface area contributed by atoms with E-state index in [1.807, 2.05) is 24.3 Å². The highest BCUT2D eigenvalue weighted by Crippen LogP contribution is 2.34. The number of nitrogens with zero attached hydrogens (tertiary/aromatic N) is 2. The van der Waals surface area contributed by atoms with Crippen LogP contribution < -0.4 is 9.03 Å². The number of nitrogens with one attached hydrogen (secondary N) is 1. The first-order valence-corrected chi connectivity index (χ1v) is 17.8. The summed E-state index contributed by atoms with van der Waals surface area (Å²) < 4.78 is 56.2. The maximum atomic E-state index is 13.4. The average molecular weight is 691 g/mol. The average Bonchev–Trinajstić information content (AvgIpc) is 2.97. The number of anilines is 1. The van der Waals surface area contributed by atoms with Crippen LogP contribution in [0.3, 0.4) is 0 Å². The van der Waals surface area contributed by atoms with Crippen molar-refractivity contribution in [3.63, 3.8) is 0 Å². The van der Waals surface area contributed by atoms with E-state index in [1.165, 1.54) is 28.8 Å². The molecule has 42 heavy (non-hydrogen) atoms. The van der Waals surface area contributed by atoms with E-state index in [9.17, 15) is 26.7 Å². The van der Waals surface area contributed by atoms with Crippen molar-refractivity contribution in [2.75, 3.05) is 22.9 Å². The topological polar surface area (TPSA) is 134 Å². The highest BCUT2D eigenvalue weighted by molar-refractivity contribution is 9.10. The monoisotopic (exact) mass is 689 g/mol. The first-order valence-electron chi connectivity index (χ1n) is 12.6. The summed E-state index contributed by atoms with van der Waals surface area (Å²) in [6.07, 6.45) is 4.04. The van der Waals surface area contributed by atoms with Crippen LogP contribution in [0.25, 0.3) is 11.1 Å². The molecule has 0 aliphatic carbocycles. The maximum Gasteiger partial charge on any atom is 0.323 e. The number of hydrogen-bond acceptors (Lipinski definition) is 7. The molecule has 0 unspecified atom stereocenters. The van der Waals surface area contributed by atoms with Crippen LogP contribution in [-0.4, -0.2) is 57.5 Å². The summed E-state index contributed by atoms with van der Waals surface area (Å²) in [5, 5.41) is 9.32. The largest absolute Gasteiger partial charge is 0.480 e. The molecule has 0 amide bonds. The van der Waals surface area contributed by atoms with Gasteiger partial charge in [0.05, 0.1) is 28.3 Å². The summed E-state index contributed by atoms with van der Waals surface area (Å²) in [7, 11) is -7.90. The molecule has 0 radical (unpaired) electrons. The number of benzene rings is 3. The highest BCUT2D eigenvalue weighted by atomic mass is 79.9. The molecule has 4 rings (SSSR count). The Morgan fingerprint density at radius 2 is 1.55 bits per heavy atom. The minimum Gasteiger partial charge on any atom is -0.480 e. The molecule has 0 bridgehead atoms. The quantitative estimate of drug-likeness (QED) is 0.196. The summed E-state index contributed by atoms with van der Waals surface area (Å²) >= 11 is 4.54. The molecule has 0 fully saturated rings. The van der Waals surface area contributed by atoms with E-state index in [2.05, 4.69) is 25.6 Å². The summed E-state index contributed by atoms with van der Waals surface area (Å²) in [6.45, 7) is 0.0230. The van der Waals surface area contributed by atoms with Crippen LogP contribution >= 0.6 is 27.7 Å². The second-order valence-corrected chi connectivity index (χ2v) is 15.0. The van der Waals surface area contributed by atoms with Gasteiger partial charge < -0.3 is 5.11 Å².